The molecule has 1 aliphatic rings. The van der Waals surface area contributed by atoms with E-state index in [1.165, 1.54) is 16.6 Å². The highest BCUT2D eigenvalue weighted by Crippen LogP contribution is 2.31. The van der Waals surface area contributed by atoms with Crippen molar-refractivity contribution < 1.29 is 9.15 Å². The standard InChI is InChI=1S/C20H25N3O3S2/c1-5-15-13(4)28-18-17(15)19(24)23(9-14-7-6-8-25-14)20(22-18)27-10-16-21-11(2)12(3)26-16/h14H,5-10H2,1-4H3. The molecule has 1 unspecified atom stereocenters. The van der Waals surface area contributed by atoms with Crippen LogP contribution in [0.1, 0.15) is 47.6 Å². The fourth-order valence-corrected chi connectivity index (χ4v) is 5.65. The predicted octanol–water partition coefficient (Wildman–Crippen LogP) is 4.40. The molecular weight excluding hydrogens is 394 g/mol. The molecule has 0 saturated carbocycles. The number of nitrogens with zero attached hydrogens (tertiary/aromatic N) is 3. The van der Waals surface area contributed by atoms with Crippen LogP contribution in [-0.2, 0) is 23.5 Å². The van der Waals surface area contributed by atoms with E-state index in [2.05, 4.69) is 18.8 Å². The number of aromatic nitrogens is 3. The summed E-state index contributed by atoms with van der Waals surface area (Å²) in [4.78, 5) is 24.7. The molecule has 6 nitrogen and oxygen atoms in total. The Morgan fingerprint density at radius 1 is 1.29 bits per heavy atom. The zero-order valence-electron chi connectivity index (χ0n) is 16.7. The molecule has 0 radical (unpaired) electrons. The Morgan fingerprint density at radius 2 is 2.11 bits per heavy atom. The van der Waals surface area contributed by atoms with Gasteiger partial charge in [-0.2, -0.15) is 0 Å². The van der Waals surface area contributed by atoms with Crippen LogP contribution in [0.2, 0.25) is 0 Å². The van der Waals surface area contributed by atoms with Gasteiger partial charge in [0, 0.05) is 11.5 Å². The van der Waals surface area contributed by atoms with Gasteiger partial charge in [-0.05, 0) is 45.6 Å². The van der Waals surface area contributed by atoms with Crippen LogP contribution in [-0.4, -0.2) is 27.2 Å². The molecule has 0 amide bonds. The Bertz CT molecular complexity index is 1040. The Labute approximate surface area is 172 Å². The maximum atomic E-state index is 13.4. The molecule has 150 valence electrons. The largest absolute Gasteiger partial charge is 0.445 e. The van der Waals surface area contributed by atoms with Crippen molar-refractivity contribution in [1.29, 1.82) is 0 Å². The van der Waals surface area contributed by atoms with Crippen LogP contribution in [0.5, 0.6) is 0 Å². The molecule has 1 atom stereocenters. The molecule has 28 heavy (non-hydrogen) atoms. The number of oxazole rings is 1. The summed E-state index contributed by atoms with van der Waals surface area (Å²) in [5.41, 5.74) is 2.07. The predicted molar refractivity (Wildman–Crippen MR) is 113 cm³/mol. The van der Waals surface area contributed by atoms with Crippen molar-refractivity contribution in [3.63, 3.8) is 0 Å². The molecule has 3 aromatic heterocycles. The van der Waals surface area contributed by atoms with E-state index in [1.54, 1.807) is 15.9 Å². The third kappa shape index (κ3) is 3.65. The molecule has 4 rings (SSSR count). The van der Waals surface area contributed by atoms with Gasteiger partial charge in [0.25, 0.3) is 5.56 Å². The summed E-state index contributed by atoms with van der Waals surface area (Å²) in [6.07, 6.45) is 2.94. The van der Waals surface area contributed by atoms with E-state index < -0.39 is 0 Å². The van der Waals surface area contributed by atoms with Crippen LogP contribution in [0.3, 0.4) is 0 Å². The minimum Gasteiger partial charge on any atom is -0.445 e. The maximum absolute atomic E-state index is 13.4. The molecule has 1 aliphatic heterocycles. The number of fused-ring (bicyclic) bond motifs is 1. The summed E-state index contributed by atoms with van der Waals surface area (Å²) >= 11 is 3.11. The van der Waals surface area contributed by atoms with Crippen LogP contribution in [0.15, 0.2) is 14.4 Å². The van der Waals surface area contributed by atoms with Crippen molar-refractivity contribution in [1.82, 2.24) is 14.5 Å². The summed E-state index contributed by atoms with van der Waals surface area (Å²) < 4.78 is 13.3. The number of thioether (sulfide) groups is 1. The van der Waals surface area contributed by atoms with Crippen LogP contribution < -0.4 is 5.56 Å². The normalized spacial score (nSPS) is 17.1. The summed E-state index contributed by atoms with van der Waals surface area (Å²) in [5.74, 6) is 2.04. The van der Waals surface area contributed by atoms with Crippen LogP contribution in [0.4, 0.5) is 0 Å². The van der Waals surface area contributed by atoms with Crippen molar-refractivity contribution in [2.75, 3.05) is 6.61 Å². The first-order valence-electron chi connectivity index (χ1n) is 9.68. The second kappa shape index (κ2) is 8.00. The Kier molecular flexibility index (Phi) is 5.62. The fraction of sp³-hybridized carbons (Fsp3) is 0.550. The number of rotatable bonds is 6. The van der Waals surface area contributed by atoms with E-state index in [4.69, 9.17) is 14.1 Å². The zero-order chi connectivity index (χ0) is 19.8. The third-order valence-electron chi connectivity index (χ3n) is 5.24. The first kappa shape index (κ1) is 19.7. The van der Waals surface area contributed by atoms with Gasteiger partial charge in [-0.25, -0.2) is 9.97 Å². The average Bonchev–Trinajstić information content (AvgIpc) is 3.36. The number of hydrogen-bond donors (Lipinski definition) is 0. The first-order chi connectivity index (χ1) is 13.5. The molecule has 0 N–H and O–H groups in total. The minimum absolute atomic E-state index is 0.0453. The lowest BCUT2D eigenvalue weighted by Gasteiger charge is -2.15. The van der Waals surface area contributed by atoms with Gasteiger partial charge in [-0.3, -0.25) is 9.36 Å². The van der Waals surface area contributed by atoms with Crippen molar-refractivity contribution in [2.45, 2.75) is 70.5 Å². The SMILES string of the molecule is CCc1c(C)sc2nc(SCc3nc(C)c(C)o3)n(CC3CCCO3)c(=O)c12. The molecule has 0 bridgehead atoms. The number of aryl methyl sites for hydroxylation is 4. The summed E-state index contributed by atoms with van der Waals surface area (Å²) in [7, 11) is 0. The van der Waals surface area contributed by atoms with Crippen molar-refractivity contribution >= 4 is 33.3 Å². The van der Waals surface area contributed by atoms with Gasteiger partial charge in [0.05, 0.1) is 29.5 Å². The Morgan fingerprint density at radius 3 is 2.75 bits per heavy atom. The lowest BCUT2D eigenvalue weighted by Crippen LogP contribution is -2.29. The fourth-order valence-electron chi connectivity index (χ4n) is 3.65. The van der Waals surface area contributed by atoms with E-state index in [-0.39, 0.29) is 11.7 Å². The molecule has 0 aliphatic carbocycles. The molecule has 8 heteroatoms. The highest BCUT2D eigenvalue weighted by atomic mass is 32.2. The van der Waals surface area contributed by atoms with Gasteiger partial charge in [0.2, 0.25) is 5.89 Å². The molecule has 4 heterocycles. The highest BCUT2D eigenvalue weighted by Gasteiger charge is 2.23. The summed E-state index contributed by atoms with van der Waals surface area (Å²) in [6, 6.07) is 0. The Hall–Kier alpha value is -1.64. The average molecular weight is 420 g/mol. The third-order valence-corrected chi connectivity index (χ3v) is 7.24. The second-order valence-electron chi connectivity index (χ2n) is 7.15. The lowest BCUT2D eigenvalue weighted by atomic mass is 10.1. The van der Waals surface area contributed by atoms with Crippen molar-refractivity contribution in [3.05, 3.63) is 38.1 Å². The van der Waals surface area contributed by atoms with Crippen LogP contribution in [0.25, 0.3) is 10.2 Å². The van der Waals surface area contributed by atoms with Gasteiger partial charge in [0.1, 0.15) is 10.6 Å². The maximum Gasteiger partial charge on any atom is 0.263 e. The van der Waals surface area contributed by atoms with Crippen LogP contribution in [0, 0.1) is 20.8 Å². The lowest BCUT2D eigenvalue weighted by molar-refractivity contribution is 0.0937. The number of thiophene rings is 1. The van der Waals surface area contributed by atoms with Gasteiger partial charge < -0.3 is 9.15 Å². The topological polar surface area (TPSA) is 70.2 Å². The van der Waals surface area contributed by atoms with Gasteiger partial charge in [0.15, 0.2) is 5.16 Å². The molecule has 3 aromatic rings. The van der Waals surface area contributed by atoms with E-state index in [9.17, 15) is 4.79 Å². The summed E-state index contributed by atoms with van der Waals surface area (Å²) in [5, 5.41) is 1.49. The van der Waals surface area contributed by atoms with Crippen LogP contribution >= 0.6 is 23.1 Å². The monoisotopic (exact) mass is 419 g/mol. The van der Waals surface area contributed by atoms with Gasteiger partial charge in [-0.1, -0.05) is 18.7 Å². The van der Waals surface area contributed by atoms with Gasteiger partial charge in [-0.15, -0.1) is 11.3 Å². The molecule has 1 saturated heterocycles. The Balaban J connectivity index is 1.74. The zero-order valence-corrected chi connectivity index (χ0v) is 18.3. The molecule has 1 fully saturated rings. The van der Waals surface area contributed by atoms with E-state index >= 15 is 0 Å². The highest BCUT2D eigenvalue weighted by molar-refractivity contribution is 7.98. The number of ether oxygens (including phenoxy) is 1. The number of hydrogen-bond acceptors (Lipinski definition) is 7. The second-order valence-corrected chi connectivity index (χ2v) is 9.30. The first-order valence-corrected chi connectivity index (χ1v) is 11.5. The van der Waals surface area contributed by atoms with E-state index in [1.807, 2.05) is 13.8 Å². The smallest absolute Gasteiger partial charge is 0.263 e. The molecule has 0 aromatic carbocycles. The molecular formula is C20H25N3O3S2. The summed E-state index contributed by atoms with van der Waals surface area (Å²) in [6.45, 7) is 9.32. The molecule has 0 spiro atoms. The minimum atomic E-state index is 0.0453. The van der Waals surface area contributed by atoms with E-state index in [0.717, 1.165) is 53.1 Å². The van der Waals surface area contributed by atoms with E-state index in [0.29, 0.717) is 23.3 Å². The van der Waals surface area contributed by atoms with Gasteiger partial charge >= 0.3 is 0 Å². The quantitative estimate of drug-likeness (QED) is 0.435. The van der Waals surface area contributed by atoms with Crippen molar-refractivity contribution in [2.24, 2.45) is 0 Å². The van der Waals surface area contributed by atoms with Crippen molar-refractivity contribution in [3.8, 4) is 0 Å².